The summed E-state index contributed by atoms with van der Waals surface area (Å²) in [5.74, 6) is 0. The summed E-state index contributed by atoms with van der Waals surface area (Å²) in [7, 11) is 1.86. The third-order valence-electron chi connectivity index (χ3n) is 6.43. The van der Waals surface area contributed by atoms with Gasteiger partial charge in [0, 0.05) is 62.8 Å². The minimum absolute atomic E-state index is 0.0256. The van der Waals surface area contributed by atoms with Gasteiger partial charge in [0.05, 0.1) is 11.4 Å². The molecule has 8 nitrogen and oxygen atoms in total. The molecule has 2 aromatic rings. The first-order valence-electron chi connectivity index (χ1n) is 11.1. The molecule has 4 rings (SSSR count). The second-order valence-electron chi connectivity index (χ2n) is 9.83. The van der Waals surface area contributed by atoms with Crippen LogP contribution in [0.3, 0.4) is 0 Å². The minimum Gasteiger partial charge on any atom is -0.444 e. The highest BCUT2D eigenvalue weighted by Crippen LogP contribution is 2.39. The lowest BCUT2D eigenvalue weighted by Crippen LogP contribution is -2.62. The number of carbonyl (C=O) groups excluding carboxylic acids is 1. The number of aromatic amines is 1. The van der Waals surface area contributed by atoms with E-state index in [4.69, 9.17) is 4.74 Å². The van der Waals surface area contributed by atoms with Crippen molar-refractivity contribution in [3.05, 3.63) is 40.3 Å². The van der Waals surface area contributed by atoms with Crippen LogP contribution >= 0.6 is 0 Å². The minimum atomic E-state index is -0.500. The summed E-state index contributed by atoms with van der Waals surface area (Å²) in [6, 6.07) is 3.54. The zero-order valence-corrected chi connectivity index (χ0v) is 19.0. The number of hydrogen-bond acceptors (Lipinski definition) is 5. The quantitative estimate of drug-likeness (QED) is 0.814. The first-order chi connectivity index (χ1) is 14.7. The highest BCUT2D eigenvalue weighted by Gasteiger charge is 2.45. The summed E-state index contributed by atoms with van der Waals surface area (Å²) in [6.07, 6.45) is 7.68. The average Bonchev–Trinajstić information content (AvgIpc) is 3.33. The van der Waals surface area contributed by atoms with E-state index in [1.54, 1.807) is 16.9 Å². The van der Waals surface area contributed by atoms with Crippen LogP contribution in [0.1, 0.15) is 52.0 Å². The number of pyridine rings is 1. The Balaban J connectivity index is 1.51. The van der Waals surface area contributed by atoms with Gasteiger partial charge in [-0.15, -0.1) is 0 Å². The highest BCUT2D eigenvalue weighted by molar-refractivity contribution is 5.68. The molecular weight excluding hydrogens is 394 g/mol. The first kappa shape index (κ1) is 21.6. The molecule has 1 amide bonds. The predicted molar refractivity (Wildman–Crippen MR) is 119 cm³/mol. The number of amides is 1. The van der Waals surface area contributed by atoms with Crippen LogP contribution in [0.2, 0.25) is 0 Å². The standard InChI is InChI=1S/C23H33N5O3/c1-22(2,3)31-21(30)27-11-12-28(23(16-27)8-5-6-9-23)15-17-14-24-18(13-20(17)29)19-7-10-25-26(19)4/h7,10,13-14H,5-6,8-9,11-12,15-16H2,1-4H3,(H,24,29). The van der Waals surface area contributed by atoms with E-state index < -0.39 is 5.60 Å². The van der Waals surface area contributed by atoms with Gasteiger partial charge in [0.2, 0.25) is 0 Å². The monoisotopic (exact) mass is 427 g/mol. The fourth-order valence-electron chi connectivity index (χ4n) is 4.87. The molecule has 1 aliphatic heterocycles. The molecule has 31 heavy (non-hydrogen) atoms. The van der Waals surface area contributed by atoms with Crippen molar-refractivity contribution in [1.82, 2.24) is 24.6 Å². The molecular formula is C23H33N5O3. The van der Waals surface area contributed by atoms with Crippen LogP contribution in [0.5, 0.6) is 0 Å². The van der Waals surface area contributed by atoms with Gasteiger partial charge in [-0.25, -0.2) is 4.79 Å². The zero-order chi connectivity index (χ0) is 22.2. The molecule has 1 saturated heterocycles. The lowest BCUT2D eigenvalue weighted by atomic mass is 9.91. The van der Waals surface area contributed by atoms with E-state index in [9.17, 15) is 9.59 Å². The summed E-state index contributed by atoms with van der Waals surface area (Å²) in [5.41, 5.74) is 1.84. The molecule has 0 atom stereocenters. The number of hydrogen-bond donors (Lipinski definition) is 1. The van der Waals surface area contributed by atoms with Crippen LogP contribution in [0.15, 0.2) is 29.3 Å². The smallest absolute Gasteiger partial charge is 0.410 e. The van der Waals surface area contributed by atoms with Crippen LogP contribution < -0.4 is 5.43 Å². The normalized spacial score (nSPS) is 19.2. The number of nitrogens with zero attached hydrogens (tertiary/aromatic N) is 4. The molecule has 0 unspecified atom stereocenters. The van der Waals surface area contributed by atoms with Gasteiger partial charge in [0.15, 0.2) is 5.43 Å². The van der Waals surface area contributed by atoms with Crippen molar-refractivity contribution in [2.75, 3.05) is 19.6 Å². The third-order valence-corrected chi connectivity index (χ3v) is 6.43. The summed E-state index contributed by atoms with van der Waals surface area (Å²) >= 11 is 0. The van der Waals surface area contributed by atoms with Gasteiger partial charge < -0.3 is 14.6 Å². The Morgan fingerprint density at radius 3 is 2.61 bits per heavy atom. The maximum absolute atomic E-state index is 12.9. The number of carbonyl (C=O) groups is 1. The fraction of sp³-hybridized carbons (Fsp3) is 0.609. The zero-order valence-electron chi connectivity index (χ0n) is 19.0. The number of aryl methyl sites for hydroxylation is 1. The van der Waals surface area contributed by atoms with E-state index >= 15 is 0 Å². The Labute approximate surface area is 183 Å². The van der Waals surface area contributed by atoms with Gasteiger partial charge in [0.25, 0.3) is 0 Å². The number of ether oxygens (including phenoxy) is 1. The Hall–Kier alpha value is -2.61. The number of piperazine rings is 1. The van der Waals surface area contributed by atoms with E-state index in [0.29, 0.717) is 19.6 Å². The molecule has 1 N–H and O–H groups in total. The Bertz CT molecular complexity index is 997. The second kappa shape index (κ2) is 8.15. The van der Waals surface area contributed by atoms with Crippen molar-refractivity contribution < 1.29 is 9.53 Å². The van der Waals surface area contributed by atoms with Crippen molar-refractivity contribution >= 4 is 6.09 Å². The van der Waals surface area contributed by atoms with Crippen LogP contribution in [0.4, 0.5) is 4.79 Å². The molecule has 0 bridgehead atoms. The van der Waals surface area contributed by atoms with Crippen molar-refractivity contribution in [2.24, 2.45) is 7.05 Å². The van der Waals surface area contributed by atoms with E-state index in [1.165, 1.54) is 0 Å². The Kier molecular flexibility index (Phi) is 5.68. The molecule has 2 aromatic heterocycles. The van der Waals surface area contributed by atoms with Gasteiger partial charge in [-0.2, -0.15) is 5.10 Å². The largest absolute Gasteiger partial charge is 0.444 e. The number of H-pyrrole nitrogens is 1. The van der Waals surface area contributed by atoms with E-state index in [-0.39, 0.29) is 17.1 Å². The topological polar surface area (TPSA) is 83.5 Å². The molecule has 3 heterocycles. The van der Waals surface area contributed by atoms with Crippen LogP contribution in [-0.4, -0.2) is 61.4 Å². The lowest BCUT2D eigenvalue weighted by molar-refractivity contribution is -0.0279. The van der Waals surface area contributed by atoms with Gasteiger partial charge in [0.1, 0.15) is 5.60 Å². The van der Waals surface area contributed by atoms with E-state index in [2.05, 4.69) is 15.0 Å². The number of aromatic nitrogens is 3. The van der Waals surface area contributed by atoms with E-state index in [0.717, 1.165) is 49.2 Å². The van der Waals surface area contributed by atoms with Crippen molar-refractivity contribution in [1.29, 1.82) is 0 Å². The van der Waals surface area contributed by atoms with Gasteiger partial charge in [-0.1, -0.05) is 12.8 Å². The van der Waals surface area contributed by atoms with Crippen LogP contribution in [-0.2, 0) is 18.3 Å². The highest BCUT2D eigenvalue weighted by atomic mass is 16.6. The van der Waals surface area contributed by atoms with Crippen molar-refractivity contribution in [2.45, 2.75) is 64.1 Å². The maximum atomic E-state index is 12.9. The number of rotatable bonds is 3. The third kappa shape index (κ3) is 4.54. The summed E-state index contributed by atoms with van der Waals surface area (Å²) in [5, 5.41) is 4.17. The summed E-state index contributed by atoms with van der Waals surface area (Å²) in [4.78, 5) is 33.1. The first-order valence-corrected chi connectivity index (χ1v) is 11.1. The lowest BCUT2D eigenvalue weighted by Gasteiger charge is -2.49. The fourth-order valence-corrected chi connectivity index (χ4v) is 4.87. The predicted octanol–water partition coefficient (Wildman–Crippen LogP) is 3.14. The van der Waals surface area contributed by atoms with Crippen molar-refractivity contribution in [3.8, 4) is 11.4 Å². The molecule has 8 heteroatoms. The van der Waals surface area contributed by atoms with Gasteiger partial charge in [-0.05, 0) is 39.7 Å². The second-order valence-corrected chi connectivity index (χ2v) is 9.83. The van der Waals surface area contributed by atoms with Crippen LogP contribution in [0.25, 0.3) is 11.4 Å². The maximum Gasteiger partial charge on any atom is 0.410 e. The van der Waals surface area contributed by atoms with Crippen molar-refractivity contribution in [3.63, 3.8) is 0 Å². The average molecular weight is 428 g/mol. The molecule has 1 aliphatic carbocycles. The molecule has 1 spiro atoms. The Morgan fingerprint density at radius 2 is 2.00 bits per heavy atom. The Morgan fingerprint density at radius 1 is 1.26 bits per heavy atom. The SMILES string of the molecule is Cn1nccc1-c1cc(=O)c(CN2CCN(C(=O)OC(C)(C)C)CC23CCCC3)c[nH]1. The molecule has 168 valence electrons. The summed E-state index contributed by atoms with van der Waals surface area (Å²) in [6.45, 7) is 8.29. The van der Waals surface area contributed by atoms with E-state index in [1.807, 2.05) is 45.0 Å². The molecule has 0 radical (unpaired) electrons. The molecule has 0 aromatic carbocycles. The molecule has 2 fully saturated rings. The number of nitrogens with one attached hydrogen (secondary N) is 1. The molecule has 1 saturated carbocycles. The van der Waals surface area contributed by atoms with Gasteiger partial charge >= 0.3 is 6.09 Å². The van der Waals surface area contributed by atoms with Gasteiger partial charge in [-0.3, -0.25) is 14.4 Å². The summed E-state index contributed by atoms with van der Waals surface area (Å²) < 4.78 is 7.36. The van der Waals surface area contributed by atoms with Crippen LogP contribution in [0, 0.1) is 0 Å². The molecule has 2 aliphatic rings.